The minimum atomic E-state index is -0.781. The van der Waals surface area contributed by atoms with Gasteiger partial charge in [0.2, 0.25) is 0 Å². The average Bonchev–Trinajstić information content (AvgIpc) is 3.30. The topological polar surface area (TPSA) is 78.9 Å². The highest BCUT2D eigenvalue weighted by Crippen LogP contribution is 2.12. The number of rotatable bonds is 45. The second-order valence-electron chi connectivity index (χ2n) is 16.7. The summed E-state index contributed by atoms with van der Waals surface area (Å²) >= 11 is 0. The Morgan fingerprint density at radius 3 is 0.938 bits per heavy atom. The predicted molar refractivity (Wildman–Crippen MR) is 279 cm³/mol. The zero-order valence-electron chi connectivity index (χ0n) is 41.7. The first-order valence-corrected chi connectivity index (χ1v) is 26.0. The maximum Gasteiger partial charge on any atom is 0.306 e. The molecule has 366 valence electrons. The Balaban J connectivity index is 4.04. The molecule has 0 fully saturated rings. The van der Waals surface area contributed by atoms with Gasteiger partial charge in [-0.25, -0.2) is 0 Å². The molecule has 65 heavy (non-hydrogen) atoms. The molecule has 0 aromatic rings. The van der Waals surface area contributed by atoms with Crippen LogP contribution in [0, 0.1) is 0 Å². The summed E-state index contributed by atoms with van der Waals surface area (Å²) in [5, 5.41) is 0. The van der Waals surface area contributed by atoms with E-state index < -0.39 is 6.10 Å². The summed E-state index contributed by atoms with van der Waals surface area (Å²) in [4.78, 5) is 37.4. The second kappa shape index (κ2) is 52.4. The van der Waals surface area contributed by atoms with Gasteiger partial charge in [-0.3, -0.25) is 14.4 Å². The molecule has 0 spiro atoms. The van der Waals surface area contributed by atoms with Crippen molar-refractivity contribution in [2.75, 3.05) is 13.2 Å². The van der Waals surface area contributed by atoms with Gasteiger partial charge in [0.25, 0.3) is 0 Å². The lowest BCUT2D eigenvalue weighted by Gasteiger charge is -2.18. The van der Waals surface area contributed by atoms with Gasteiger partial charge in [-0.2, -0.15) is 0 Å². The molecule has 0 aliphatic carbocycles. The standard InChI is InChI=1S/C59H94O6/c1-4-7-10-13-15-16-17-18-19-20-21-22-23-24-25-26-27-28-29-30-31-32-33-34-35-36-37-38-39-40-41-42-44-46-49-52-58(61)64-55-56(54-63-57(60)51-48-45-12-9-6-3)65-59(62)53-50-47-43-14-11-8-5-2/h7,10,15-16,18-19,21-22,24-25,27-28,30-31,33-34,36-37,39-40,56H,4-6,8-9,11-14,17,20,23,26,29,32,35,38,41-55H2,1-3H3/b10-7-,16-15-,19-18-,22-21-,25-24-,28-27-,31-30-,34-33-,37-36-,40-39-. The van der Waals surface area contributed by atoms with Gasteiger partial charge in [0, 0.05) is 19.3 Å². The van der Waals surface area contributed by atoms with Crippen LogP contribution in [0.25, 0.3) is 0 Å². The van der Waals surface area contributed by atoms with Crippen LogP contribution in [0.3, 0.4) is 0 Å². The molecular formula is C59H94O6. The van der Waals surface area contributed by atoms with E-state index >= 15 is 0 Å². The van der Waals surface area contributed by atoms with E-state index in [0.29, 0.717) is 19.3 Å². The van der Waals surface area contributed by atoms with Crippen LogP contribution in [-0.2, 0) is 28.6 Å². The third-order valence-corrected chi connectivity index (χ3v) is 10.5. The summed E-state index contributed by atoms with van der Waals surface area (Å²) in [7, 11) is 0. The molecule has 1 unspecified atom stereocenters. The maximum absolute atomic E-state index is 12.6. The van der Waals surface area contributed by atoms with Gasteiger partial charge in [-0.15, -0.1) is 0 Å². The molecule has 0 aliphatic rings. The van der Waals surface area contributed by atoms with E-state index in [9.17, 15) is 14.4 Å². The smallest absolute Gasteiger partial charge is 0.306 e. The number of hydrogen-bond acceptors (Lipinski definition) is 6. The maximum atomic E-state index is 12.6. The van der Waals surface area contributed by atoms with Crippen LogP contribution < -0.4 is 0 Å². The van der Waals surface area contributed by atoms with Crippen LogP contribution in [-0.4, -0.2) is 37.2 Å². The summed E-state index contributed by atoms with van der Waals surface area (Å²) in [6.07, 6.45) is 72.6. The molecule has 0 saturated heterocycles. The van der Waals surface area contributed by atoms with Crippen LogP contribution in [0.2, 0.25) is 0 Å². The quantitative estimate of drug-likeness (QED) is 0.0262. The van der Waals surface area contributed by atoms with Crippen molar-refractivity contribution < 1.29 is 28.6 Å². The molecule has 0 bridgehead atoms. The van der Waals surface area contributed by atoms with Crippen molar-refractivity contribution >= 4 is 17.9 Å². The normalized spacial score (nSPS) is 13.1. The van der Waals surface area contributed by atoms with Gasteiger partial charge in [0.05, 0.1) is 0 Å². The largest absolute Gasteiger partial charge is 0.462 e. The van der Waals surface area contributed by atoms with E-state index in [1.165, 1.54) is 32.1 Å². The predicted octanol–water partition coefficient (Wildman–Crippen LogP) is 17.3. The third-order valence-electron chi connectivity index (χ3n) is 10.5. The molecule has 0 rings (SSSR count). The first-order chi connectivity index (χ1) is 32.0. The lowest BCUT2D eigenvalue weighted by atomic mass is 10.1. The van der Waals surface area contributed by atoms with Crippen LogP contribution in [0.5, 0.6) is 0 Å². The lowest BCUT2D eigenvalue weighted by Crippen LogP contribution is -2.30. The van der Waals surface area contributed by atoms with Crippen molar-refractivity contribution in [1.82, 2.24) is 0 Å². The number of ether oxygens (including phenoxy) is 3. The summed E-state index contributed by atoms with van der Waals surface area (Å²) in [5.41, 5.74) is 0. The highest BCUT2D eigenvalue weighted by atomic mass is 16.6. The van der Waals surface area contributed by atoms with Crippen LogP contribution in [0.4, 0.5) is 0 Å². The van der Waals surface area contributed by atoms with Crippen LogP contribution in [0.1, 0.15) is 213 Å². The Hall–Kier alpha value is -4.19. The van der Waals surface area contributed by atoms with Crippen molar-refractivity contribution in [2.45, 2.75) is 219 Å². The first-order valence-electron chi connectivity index (χ1n) is 26.0. The summed E-state index contributed by atoms with van der Waals surface area (Å²) in [6, 6.07) is 0. The average molecular weight is 899 g/mol. The van der Waals surface area contributed by atoms with E-state index in [2.05, 4.69) is 142 Å². The summed E-state index contributed by atoms with van der Waals surface area (Å²) in [6.45, 7) is 6.34. The molecule has 0 saturated carbocycles. The molecule has 1 atom stereocenters. The first kappa shape index (κ1) is 60.8. The lowest BCUT2D eigenvalue weighted by molar-refractivity contribution is -0.167. The summed E-state index contributed by atoms with van der Waals surface area (Å²) in [5.74, 6) is -0.945. The Morgan fingerprint density at radius 1 is 0.323 bits per heavy atom. The molecular weight excluding hydrogens is 805 g/mol. The Labute approximate surface area is 399 Å². The fourth-order valence-corrected chi connectivity index (χ4v) is 6.59. The number of unbranched alkanes of at least 4 members (excludes halogenated alkanes) is 14. The zero-order chi connectivity index (χ0) is 47.2. The number of carbonyl (C=O) groups excluding carboxylic acids is 3. The molecule has 0 heterocycles. The monoisotopic (exact) mass is 899 g/mol. The van der Waals surface area contributed by atoms with Gasteiger partial charge in [0.1, 0.15) is 13.2 Å². The third kappa shape index (κ3) is 50.7. The van der Waals surface area contributed by atoms with Gasteiger partial charge >= 0.3 is 17.9 Å². The molecule has 6 heteroatoms. The van der Waals surface area contributed by atoms with Crippen molar-refractivity contribution in [1.29, 1.82) is 0 Å². The fourth-order valence-electron chi connectivity index (χ4n) is 6.59. The molecule has 0 aromatic carbocycles. The van der Waals surface area contributed by atoms with Gasteiger partial charge < -0.3 is 14.2 Å². The van der Waals surface area contributed by atoms with Crippen molar-refractivity contribution in [3.8, 4) is 0 Å². The number of esters is 3. The molecule has 0 aliphatic heterocycles. The Kier molecular flexibility index (Phi) is 49.1. The summed E-state index contributed by atoms with van der Waals surface area (Å²) < 4.78 is 16.5. The minimum Gasteiger partial charge on any atom is -0.462 e. The second-order valence-corrected chi connectivity index (χ2v) is 16.7. The van der Waals surface area contributed by atoms with Gasteiger partial charge in [-0.1, -0.05) is 219 Å². The van der Waals surface area contributed by atoms with Gasteiger partial charge in [-0.05, 0) is 96.3 Å². The van der Waals surface area contributed by atoms with E-state index in [0.717, 1.165) is 141 Å². The van der Waals surface area contributed by atoms with E-state index in [4.69, 9.17) is 14.2 Å². The van der Waals surface area contributed by atoms with Crippen LogP contribution >= 0.6 is 0 Å². The zero-order valence-corrected chi connectivity index (χ0v) is 41.7. The molecule has 6 nitrogen and oxygen atoms in total. The molecule has 0 radical (unpaired) electrons. The van der Waals surface area contributed by atoms with E-state index in [-0.39, 0.29) is 31.1 Å². The SMILES string of the molecule is CC/C=C\C/C=C\C/C=C\C/C=C\C/C=C\C/C=C\C/C=C\C/C=C\C/C=C\C/C=C\CCCCCCC(=O)OCC(COC(=O)CCCCCCC)OC(=O)CCCCCCCCC. The van der Waals surface area contributed by atoms with Crippen molar-refractivity contribution in [2.24, 2.45) is 0 Å². The number of allylic oxidation sites excluding steroid dienone is 20. The van der Waals surface area contributed by atoms with Crippen molar-refractivity contribution in [3.63, 3.8) is 0 Å². The van der Waals surface area contributed by atoms with Gasteiger partial charge in [0.15, 0.2) is 6.10 Å². The Bertz CT molecular complexity index is 1400. The van der Waals surface area contributed by atoms with E-state index in [1.807, 2.05) is 0 Å². The van der Waals surface area contributed by atoms with E-state index in [1.54, 1.807) is 0 Å². The highest BCUT2D eigenvalue weighted by molar-refractivity contribution is 5.71. The minimum absolute atomic E-state index is 0.0880. The highest BCUT2D eigenvalue weighted by Gasteiger charge is 2.19. The fraction of sp³-hybridized carbons (Fsp3) is 0.610. The molecule has 0 amide bonds. The van der Waals surface area contributed by atoms with Crippen molar-refractivity contribution in [3.05, 3.63) is 122 Å². The molecule has 0 N–H and O–H groups in total. The van der Waals surface area contributed by atoms with Crippen LogP contribution in [0.15, 0.2) is 122 Å². The number of hydrogen-bond donors (Lipinski definition) is 0. The Morgan fingerprint density at radius 2 is 0.600 bits per heavy atom. The molecule has 0 aromatic heterocycles. The number of carbonyl (C=O) groups is 3.